The highest BCUT2D eigenvalue weighted by molar-refractivity contribution is 5.84. The number of nitrogens with zero attached hydrogens (tertiary/aromatic N) is 4. The minimum atomic E-state index is -0.853. The molecule has 26 heavy (non-hydrogen) atoms. The number of fused-ring (bicyclic) bond motifs is 1. The van der Waals surface area contributed by atoms with Gasteiger partial charge in [0.25, 0.3) is 0 Å². The first-order valence-corrected chi connectivity index (χ1v) is 8.82. The highest BCUT2D eigenvalue weighted by Gasteiger charge is 2.17. The van der Waals surface area contributed by atoms with E-state index in [9.17, 15) is 5.11 Å². The van der Waals surface area contributed by atoms with Crippen LogP contribution in [0.4, 0.5) is 11.8 Å². The van der Waals surface area contributed by atoms with E-state index in [0.717, 1.165) is 16.7 Å². The van der Waals surface area contributed by atoms with Crippen molar-refractivity contribution in [3.63, 3.8) is 0 Å². The van der Waals surface area contributed by atoms with Crippen molar-refractivity contribution in [2.75, 3.05) is 17.2 Å². The quantitative estimate of drug-likeness (QED) is 0.604. The number of nitrogens with one attached hydrogen (secondary N) is 2. The first kappa shape index (κ1) is 18.1. The van der Waals surface area contributed by atoms with E-state index in [4.69, 9.17) is 0 Å². The number of aliphatic hydroxyl groups is 1. The summed E-state index contributed by atoms with van der Waals surface area (Å²) in [5.74, 6) is 1.15. The van der Waals surface area contributed by atoms with E-state index in [1.807, 2.05) is 22.8 Å². The van der Waals surface area contributed by atoms with Gasteiger partial charge < -0.3 is 20.3 Å². The molecule has 0 fully saturated rings. The Morgan fingerprint density at radius 2 is 1.85 bits per heavy atom. The van der Waals surface area contributed by atoms with Crippen molar-refractivity contribution < 1.29 is 5.11 Å². The van der Waals surface area contributed by atoms with Crippen LogP contribution >= 0.6 is 0 Å². The molecule has 138 valence electrons. The molecule has 1 aromatic carbocycles. The summed E-state index contributed by atoms with van der Waals surface area (Å²) in [6.45, 7) is 8.66. The van der Waals surface area contributed by atoms with Gasteiger partial charge in [-0.05, 0) is 33.3 Å². The van der Waals surface area contributed by atoms with Crippen molar-refractivity contribution in [1.29, 1.82) is 0 Å². The fourth-order valence-electron chi connectivity index (χ4n) is 2.57. The number of anilines is 2. The minimum absolute atomic E-state index is 0.235. The Labute approximate surface area is 153 Å². The summed E-state index contributed by atoms with van der Waals surface area (Å²) in [6, 6.07) is 10.4. The molecule has 0 saturated carbocycles. The molecule has 0 bridgehead atoms. The van der Waals surface area contributed by atoms with Gasteiger partial charge in [-0.3, -0.25) is 0 Å². The van der Waals surface area contributed by atoms with Crippen molar-refractivity contribution in [2.45, 2.75) is 45.9 Å². The number of benzene rings is 1. The fraction of sp³-hybridized carbons (Fsp3) is 0.421. The third kappa shape index (κ3) is 4.29. The number of imidazole rings is 1. The van der Waals surface area contributed by atoms with Crippen LogP contribution in [0.1, 0.15) is 39.3 Å². The minimum Gasteiger partial charge on any atom is -0.389 e. The molecular weight excluding hydrogens is 328 g/mol. The molecule has 2 aromatic heterocycles. The molecule has 0 aliphatic heterocycles. The highest BCUT2D eigenvalue weighted by atomic mass is 16.3. The number of hydrogen-bond acceptors (Lipinski definition) is 6. The first-order chi connectivity index (χ1) is 12.3. The van der Waals surface area contributed by atoms with Gasteiger partial charge in [-0.2, -0.15) is 9.97 Å². The van der Waals surface area contributed by atoms with Crippen LogP contribution in [0, 0.1) is 0 Å². The van der Waals surface area contributed by atoms with Gasteiger partial charge in [-0.1, -0.05) is 30.3 Å². The average Bonchev–Trinajstić information content (AvgIpc) is 3.02. The Balaban J connectivity index is 1.93. The van der Waals surface area contributed by atoms with E-state index in [2.05, 4.69) is 51.6 Å². The predicted octanol–water partition coefficient (Wildman–Crippen LogP) is 3.20. The Bertz CT molecular complexity index is 867. The van der Waals surface area contributed by atoms with E-state index in [1.165, 1.54) is 0 Å². The average molecular weight is 354 g/mol. The van der Waals surface area contributed by atoms with E-state index < -0.39 is 5.60 Å². The van der Waals surface area contributed by atoms with Crippen LogP contribution in [0.25, 0.3) is 11.2 Å². The second kappa shape index (κ2) is 7.29. The summed E-state index contributed by atoms with van der Waals surface area (Å²) < 4.78 is 2.01. The van der Waals surface area contributed by atoms with Crippen LogP contribution in [0.15, 0.2) is 36.7 Å². The molecular formula is C19H26N6O. The van der Waals surface area contributed by atoms with Gasteiger partial charge in [0.2, 0.25) is 5.95 Å². The van der Waals surface area contributed by atoms with E-state index in [1.54, 1.807) is 20.2 Å². The first-order valence-electron chi connectivity index (χ1n) is 8.82. The van der Waals surface area contributed by atoms with Crippen molar-refractivity contribution in [3.8, 4) is 0 Å². The zero-order valence-electron chi connectivity index (χ0n) is 15.7. The lowest BCUT2D eigenvalue weighted by atomic mass is 10.1. The molecule has 0 unspecified atom stereocenters. The molecule has 3 rings (SSSR count). The van der Waals surface area contributed by atoms with Gasteiger partial charge in [0.05, 0.1) is 11.9 Å². The summed E-state index contributed by atoms with van der Waals surface area (Å²) in [4.78, 5) is 13.7. The van der Waals surface area contributed by atoms with Gasteiger partial charge in [0.1, 0.15) is 0 Å². The lowest BCUT2D eigenvalue weighted by Gasteiger charge is -2.18. The molecule has 7 nitrogen and oxygen atoms in total. The zero-order chi connectivity index (χ0) is 18.7. The molecule has 0 radical (unpaired) electrons. The second-order valence-corrected chi connectivity index (χ2v) is 7.32. The van der Waals surface area contributed by atoms with Gasteiger partial charge in [0.15, 0.2) is 17.0 Å². The fourth-order valence-corrected chi connectivity index (χ4v) is 2.57. The summed E-state index contributed by atoms with van der Waals surface area (Å²) in [6.07, 6.45) is 1.79. The molecule has 0 saturated heterocycles. The number of rotatable bonds is 7. The number of aromatic nitrogens is 4. The summed E-state index contributed by atoms with van der Waals surface area (Å²) in [5.41, 5.74) is 1.81. The predicted molar refractivity (Wildman–Crippen MR) is 104 cm³/mol. The standard InChI is InChI=1S/C19H26N6O/c1-13(2)25-12-22-15-16(20-10-14-8-6-5-7-9-14)23-18(24-17(15)25)21-11-19(3,4)26/h5-9,12-13,26H,10-11H2,1-4H3,(H2,20,21,23,24). The summed E-state index contributed by atoms with van der Waals surface area (Å²) in [7, 11) is 0. The topological polar surface area (TPSA) is 87.9 Å². The maximum Gasteiger partial charge on any atom is 0.226 e. The maximum absolute atomic E-state index is 9.97. The van der Waals surface area contributed by atoms with Crippen LogP contribution < -0.4 is 10.6 Å². The third-order valence-electron chi connectivity index (χ3n) is 3.96. The molecule has 0 spiro atoms. The zero-order valence-corrected chi connectivity index (χ0v) is 15.7. The van der Waals surface area contributed by atoms with E-state index in [0.29, 0.717) is 24.9 Å². The largest absolute Gasteiger partial charge is 0.389 e. The number of hydrogen-bond donors (Lipinski definition) is 3. The molecule has 0 amide bonds. The van der Waals surface area contributed by atoms with Crippen molar-refractivity contribution >= 4 is 22.9 Å². The highest BCUT2D eigenvalue weighted by Crippen LogP contribution is 2.24. The molecule has 0 aliphatic carbocycles. The van der Waals surface area contributed by atoms with Gasteiger partial charge in [0, 0.05) is 19.1 Å². The van der Waals surface area contributed by atoms with Crippen molar-refractivity contribution in [2.24, 2.45) is 0 Å². The Hall–Kier alpha value is -2.67. The molecule has 0 atom stereocenters. The van der Waals surface area contributed by atoms with E-state index >= 15 is 0 Å². The second-order valence-electron chi connectivity index (χ2n) is 7.32. The van der Waals surface area contributed by atoms with Crippen LogP contribution in [0.3, 0.4) is 0 Å². The monoisotopic (exact) mass is 354 g/mol. The van der Waals surface area contributed by atoms with Gasteiger partial charge in [-0.15, -0.1) is 0 Å². The Morgan fingerprint density at radius 1 is 1.12 bits per heavy atom. The van der Waals surface area contributed by atoms with Crippen LogP contribution in [0.5, 0.6) is 0 Å². The van der Waals surface area contributed by atoms with Crippen LogP contribution in [0.2, 0.25) is 0 Å². The molecule has 3 aromatic rings. The van der Waals surface area contributed by atoms with E-state index in [-0.39, 0.29) is 6.04 Å². The Morgan fingerprint density at radius 3 is 2.50 bits per heavy atom. The lowest BCUT2D eigenvalue weighted by Crippen LogP contribution is -2.30. The molecule has 0 aliphatic rings. The molecule has 2 heterocycles. The SMILES string of the molecule is CC(C)n1cnc2c(NCc3ccccc3)nc(NCC(C)(C)O)nc21. The third-order valence-corrected chi connectivity index (χ3v) is 3.96. The maximum atomic E-state index is 9.97. The summed E-state index contributed by atoms with van der Waals surface area (Å²) >= 11 is 0. The van der Waals surface area contributed by atoms with Crippen LogP contribution in [-0.4, -0.2) is 36.8 Å². The lowest BCUT2D eigenvalue weighted by molar-refractivity contribution is 0.0943. The Kier molecular flexibility index (Phi) is 5.08. The molecule has 7 heteroatoms. The smallest absolute Gasteiger partial charge is 0.226 e. The van der Waals surface area contributed by atoms with Crippen molar-refractivity contribution in [1.82, 2.24) is 19.5 Å². The summed E-state index contributed by atoms with van der Waals surface area (Å²) in [5, 5.41) is 16.4. The molecule has 3 N–H and O–H groups in total. The van der Waals surface area contributed by atoms with Gasteiger partial charge in [-0.25, -0.2) is 4.98 Å². The van der Waals surface area contributed by atoms with Crippen molar-refractivity contribution in [3.05, 3.63) is 42.2 Å². The van der Waals surface area contributed by atoms with Gasteiger partial charge >= 0.3 is 0 Å². The normalized spacial score (nSPS) is 11.9. The van der Waals surface area contributed by atoms with Crippen LogP contribution in [-0.2, 0) is 6.54 Å².